The SMILES string of the molecule is CC[C@@H](C)NC(=O)c1c(N)n(-c2ccc(Cl)cc2)c2nc3ccccc3nc12. The second kappa shape index (κ2) is 7.13. The van der Waals surface area contributed by atoms with Crippen LogP contribution in [0.25, 0.3) is 27.9 Å². The van der Waals surface area contributed by atoms with Crippen LogP contribution in [0.3, 0.4) is 0 Å². The van der Waals surface area contributed by atoms with Gasteiger partial charge in [0.2, 0.25) is 0 Å². The monoisotopic (exact) mass is 393 g/mol. The normalized spacial score (nSPS) is 12.4. The van der Waals surface area contributed by atoms with E-state index in [9.17, 15) is 4.79 Å². The highest BCUT2D eigenvalue weighted by molar-refractivity contribution is 6.30. The Morgan fingerprint density at radius 2 is 1.79 bits per heavy atom. The van der Waals surface area contributed by atoms with Gasteiger partial charge in [0.15, 0.2) is 5.65 Å². The molecule has 4 rings (SSSR count). The summed E-state index contributed by atoms with van der Waals surface area (Å²) in [7, 11) is 0. The van der Waals surface area contributed by atoms with Gasteiger partial charge >= 0.3 is 0 Å². The maximum Gasteiger partial charge on any atom is 0.257 e. The van der Waals surface area contributed by atoms with Crippen molar-refractivity contribution in [2.75, 3.05) is 5.73 Å². The predicted octanol–water partition coefficient (Wildman–Crippen LogP) is 4.34. The van der Waals surface area contributed by atoms with Gasteiger partial charge in [0.1, 0.15) is 16.9 Å². The zero-order chi connectivity index (χ0) is 19.8. The number of nitrogen functional groups attached to an aromatic ring is 1. The molecule has 0 bridgehead atoms. The van der Waals surface area contributed by atoms with E-state index in [1.54, 1.807) is 16.7 Å². The van der Waals surface area contributed by atoms with Gasteiger partial charge in [-0.2, -0.15) is 0 Å². The molecule has 1 amide bonds. The molecule has 0 saturated carbocycles. The quantitative estimate of drug-likeness (QED) is 0.540. The van der Waals surface area contributed by atoms with Crippen molar-refractivity contribution in [3.63, 3.8) is 0 Å². The van der Waals surface area contributed by atoms with E-state index in [0.717, 1.165) is 17.6 Å². The summed E-state index contributed by atoms with van der Waals surface area (Å²) in [5.41, 5.74) is 10.0. The number of carbonyl (C=O) groups excluding carboxylic acids is 1. The molecule has 2 aromatic heterocycles. The van der Waals surface area contributed by atoms with E-state index in [0.29, 0.717) is 33.1 Å². The molecule has 0 aliphatic heterocycles. The van der Waals surface area contributed by atoms with Gasteiger partial charge in [0, 0.05) is 16.8 Å². The Hall–Kier alpha value is -3.12. The van der Waals surface area contributed by atoms with Crippen LogP contribution in [0.5, 0.6) is 0 Å². The summed E-state index contributed by atoms with van der Waals surface area (Å²) in [4.78, 5) is 22.4. The molecule has 0 unspecified atom stereocenters. The minimum atomic E-state index is -0.255. The molecule has 0 saturated heterocycles. The molecule has 0 fully saturated rings. The fourth-order valence-corrected chi connectivity index (χ4v) is 3.26. The maximum atomic E-state index is 13.0. The third-order valence-corrected chi connectivity index (χ3v) is 5.05. The molecule has 0 aliphatic rings. The van der Waals surface area contributed by atoms with Crippen LogP contribution in [-0.4, -0.2) is 26.5 Å². The number of aromatic nitrogens is 3. The van der Waals surface area contributed by atoms with Crippen molar-refractivity contribution < 1.29 is 4.79 Å². The Kier molecular flexibility index (Phi) is 4.65. The first-order valence-corrected chi connectivity index (χ1v) is 9.51. The number of benzene rings is 2. The minimum absolute atomic E-state index is 0.0225. The van der Waals surface area contributed by atoms with Crippen LogP contribution in [-0.2, 0) is 0 Å². The van der Waals surface area contributed by atoms with Crippen LogP contribution >= 0.6 is 11.6 Å². The molecule has 0 radical (unpaired) electrons. The molecule has 6 nitrogen and oxygen atoms in total. The van der Waals surface area contributed by atoms with Crippen molar-refractivity contribution in [2.45, 2.75) is 26.3 Å². The number of hydrogen-bond acceptors (Lipinski definition) is 4. The lowest BCUT2D eigenvalue weighted by molar-refractivity contribution is 0.0941. The number of nitrogens with zero attached hydrogens (tertiary/aromatic N) is 3. The van der Waals surface area contributed by atoms with E-state index in [-0.39, 0.29) is 11.9 Å². The molecule has 28 heavy (non-hydrogen) atoms. The topological polar surface area (TPSA) is 85.8 Å². The van der Waals surface area contributed by atoms with E-state index in [1.807, 2.05) is 50.2 Å². The van der Waals surface area contributed by atoms with Gasteiger partial charge in [-0.1, -0.05) is 30.7 Å². The number of anilines is 1. The van der Waals surface area contributed by atoms with Crippen molar-refractivity contribution >= 4 is 45.5 Å². The van der Waals surface area contributed by atoms with Crippen LogP contribution in [0.15, 0.2) is 48.5 Å². The third-order valence-electron chi connectivity index (χ3n) is 4.80. The number of hydrogen-bond donors (Lipinski definition) is 2. The fourth-order valence-electron chi connectivity index (χ4n) is 3.13. The summed E-state index contributed by atoms with van der Waals surface area (Å²) in [5.74, 6) is 0.0441. The second-order valence-electron chi connectivity index (χ2n) is 6.74. The zero-order valence-electron chi connectivity index (χ0n) is 15.6. The van der Waals surface area contributed by atoms with Gasteiger partial charge in [-0.05, 0) is 49.7 Å². The van der Waals surface area contributed by atoms with Crippen molar-refractivity contribution in [1.29, 1.82) is 0 Å². The molecule has 2 heterocycles. The summed E-state index contributed by atoms with van der Waals surface area (Å²) in [6.07, 6.45) is 0.816. The lowest BCUT2D eigenvalue weighted by Crippen LogP contribution is -2.32. The number of rotatable bonds is 4. The number of para-hydroxylation sites is 2. The lowest BCUT2D eigenvalue weighted by atomic mass is 10.2. The molecular weight excluding hydrogens is 374 g/mol. The van der Waals surface area contributed by atoms with E-state index in [2.05, 4.69) is 5.32 Å². The van der Waals surface area contributed by atoms with Gasteiger partial charge in [-0.15, -0.1) is 0 Å². The molecule has 7 heteroatoms. The molecule has 2 aromatic carbocycles. The highest BCUT2D eigenvalue weighted by Gasteiger charge is 2.25. The Morgan fingerprint density at radius 1 is 1.14 bits per heavy atom. The number of amides is 1. The Balaban J connectivity index is 2.02. The summed E-state index contributed by atoms with van der Waals surface area (Å²) in [6.45, 7) is 3.96. The Morgan fingerprint density at radius 3 is 2.43 bits per heavy atom. The lowest BCUT2D eigenvalue weighted by Gasteiger charge is -2.11. The number of fused-ring (bicyclic) bond motifs is 2. The van der Waals surface area contributed by atoms with Gasteiger partial charge < -0.3 is 11.1 Å². The van der Waals surface area contributed by atoms with Crippen LogP contribution in [0.2, 0.25) is 5.02 Å². The fraction of sp³-hybridized carbons (Fsp3) is 0.190. The molecule has 4 aromatic rings. The Labute approximate surface area is 167 Å². The largest absolute Gasteiger partial charge is 0.384 e. The van der Waals surface area contributed by atoms with Crippen LogP contribution < -0.4 is 11.1 Å². The van der Waals surface area contributed by atoms with E-state index >= 15 is 0 Å². The third kappa shape index (κ3) is 3.05. The van der Waals surface area contributed by atoms with Crippen LogP contribution in [0.1, 0.15) is 30.6 Å². The zero-order valence-corrected chi connectivity index (χ0v) is 16.4. The van der Waals surface area contributed by atoms with Crippen LogP contribution in [0.4, 0.5) is 5.82 Å². The first-order chi connectivity index (χ1) is 13.5. The van der Waals surface area contributed by atoms with E-state index in [4.69, 9.17) is 27.3 Å². The Bertz CT molecular complexity index is 1180. The second-order valence-corrected chi connectivity index (χ2v) is 7.18. The summed E-state index contributed by atoms with van der Waals surface area (Å²) < 4.78 is 1.75. The van der Waals surface area contributed by atoms with E-state index in [1.165, 1.54) is 0 Å². The predicted molar refractivity (Wildman–Crippen MR) is 113 cm³/mol. The average Bonchev–Trinajstić information content (AvgIpc) is 2.97. The van der Waals surface area contributed by atoms with E-state index < -0.39 is 0 Å². The molecular formula is C21H20ClN5O. The van der Waals surface area contributed by atoms with Crippen molar-refractivity contribution in [2.24, 2.45) is 0 Å². The number of halogens is 1. The molecule has 3 N–H and O–H groups in total. The summed E-state index contributed by atoms with van der Waals surface area (Å²) in [5, 5.41) is 3.60. The minimum Gasteiger partial charge on any atom is -0.384 e. The number of nitrogens with two attached hydrogens (primary N) is 1. The average molecular weight is 394 g/mol. The molecule has 142 valence electrons. The smallest absolute Gasteiger partial charge is 0.257 e. The summed E-state index contributed by atoms with van der Waals surface area (Å²) in [6, 6.07) is 14.8. The van der Waals surface area contributed by atoms with Gasteiger partial charge in [-0.25, -0.2) is 9.97 Å². The number of carbonyl (C=O) groups is 1. The van der Waals surface area contributed by atoms with Crippen LogP contribution in [0, 0.1) is 0 Å². The van der Waals surface area contributed by atoms with Gasteiger partial charge in [0.05, 0.1) is 11.0 Å². The maximum absolute atomic E-state index is 13.0. The number of nitrogens with one attached hydrogen (secondary N) is 1. The molecule has 0 spiro atoms. The highest BCUT2D eigenvalue weighted by atomic mass is 35.5. The van der Waals surface area contributed by atoms with Gasteiger partial charge in [-0.3, -0.25) is 9.36 Å². The first-order valence-electron chi connectivity index (χ1n) is 9.13. The highest BCUT2D eigenvalue weighted by Crippen LogP contribution is 2.31. The summed E-state index contributed by atoms with van der Waals surface area (Å²) >= 11 is 6.03. The van der Waals surface area contributed by atoms with Crippen molar-refractivity contribution in [3.8, 4) is 5.69 Å². The molecule has 0 aliphatic carbocycles. The van der Waals surface area contributed by atoms with Crippen molar-refractivity contribution in [1.82, 2.24) is 19.9 Å². The van der Waals surface area contributed by atoms with Crippen molar-refractivity contribution in [3.05, 3.63) is 59.1 Å². The molecule has 1 atom stereocenters. The van der Waals surface area contributed by atoms with Gasteiger partial charge in [0.25, 0.3) is 5.91 Å². The first kappa shape index (κ1) is 18.3. The standard InChI is InChI=1S/C21H20ClN5O/c1-3-12(2)24-21(28)17-18-20(26-16-7-5-4-6-15(16)25-18)27(19(17)23)14-10-8-13(22)9-11-14/h4-12H,3,23H2,1-2H3,(H,24,28)/t12-/m1/s1.